The van der Waals surface area contributed by atoms with E-state index in [2.05, 4.69) is 48.5 Å². The van der Waals surface area contributed by atoms with E-state index < -0.39 is 0 Å². The molecule has 280 valence electrons. The molecule has 6 nitrogen and oxygen atoms in total. The van der Waals surface area contributed by atoms with Crippen molar-refractivity contribution < 1.29 is 0 Å². The number of amidine groups is 2. The van der Waals surface area contributed by atoms with Crippen molar-refractivity contribution in [3.8, 4) is 33.9 Å². The van der Waals surface area contributed by atoms with Crippen LogP contribution < -0.4 is 0 Å². The number of rotatable bonds is 12. The molecule has 0 aliphatic carbocycles. The number of nitrogens with one attached hydrogen (secondary N) is 1. The van der Waals surface area contributed by atoms with E-state index in [4.69, 9.17) is 25.4 Å². The standard InChI is InChI=1S/C52H42N6/c1-3-5-6-22-34-48-55-51(45-30-19-13-20-31-45)58-52(56-48)46-37-35-42(36-38-46)47-33-21-10-8-7-9-14-25-41(47)32-23-24-40(4-2)39-54-50(44-28-17-12-18-29-44)57-49(53)43-26-15-11-16-27-43/h3-39,53H,1-2H2/b6-5-,8-7?,9-7?,10-8?,14-9?,21-10?,25-14?,32-23+,33-21?,34-22+,40-24+,41-25?,47-33?,47-41?,53-49?,54-39?,57-50?. The summed E-state index contributed by atoms with van der Waals surface area (Å²) < 4.78 is 0. The molecule has 0 aliphatic heterocycles. The predicted octanol–water partition coefficient (Wildman–Crippen LogP) is 12.4. The van der Waals surface area contributed by atoms with Crippen LogP contribution in [-0.4, -0.2) is 32.8 Å². The van der Waals surface area contributed by atoms with Crippen LogP contribution >= 0.6 is 0 Å². The van der Waals surface area contributed by atoms with Crippen molar-refractivity contribution >= 4 is 30.0 Å². The molecule has 6 aromatic rings. The molecule has 0 atom stereocenters. The Morgan fingerprint density at radius 2 is 1.07 bits per heavy atom. The van der Waals surface area contributed by atoms with Gasteiger partial charge in [0.2, 0.25) is 0 Å². The van der Waals surface area contributed by atoms with Crippen molar-refractivity contribution in [3.05, 3.63) is 248 Å². The summed E-state index contributed by atoms with van der Waals surface area (Å²) in [5.74, 6) is 2.31. The van der Waals surface area contributed by atoms with Gasteiger partial charge in [0, 0.05) is 28.5 Å². The summed E-state index contributed by atoms with van der Waals surface area (Å²) in [6.07, 6.45) is 18.7. The Bertz CT molecular complexity index is 2580. The lowest BCUT2D eigenvalue weighted by atomic mass is 9.99. The average molecular weight is 751 g/mol. The average Bonchev–Trinajstić information content (AvgIpc) is 3.28. The Morgan fingerprint density at radius 1 is 0.517 bits per heavy atom. The summed E-state index contributed by atoms with van der Waals surface area (Å²) in [5.41, 5.74) is 7.12. The molecule has 0 bridgehead atoms. The Kier molecular flexibility index (Phi) is 14.5. The molecule has 5 aromatic carbocycles. The molecule has 1 aromatic heterocycles. The molecule has 6 heteroatoms. The van der Waals surface area contributed by atoms with Gasteiger partial charge in [-0.25, -0.2) is 24.9 Å². The van der Waals surface area contributed by atoms with E-state index in [1.54, 1.807) is 18.4 Å². The third-order valence-corrected chi connectivity index (χ3v) is 8.58. The third kappa shape index (κ3) is 11.5. The second-order valence-electron chi connectivity index (χ2n) is 12.6. The molecule has 58 heavy (non-hydrogen) atoms. The van der Waals surface area contributed by atoms with Crippen molar-refractivity contribution in [3.63, 3.8) is 0 Å². The topological polar surface area (TPSA) is 87.2 Å². The number of aromatic nitrogens is 3. The van der Waals surface area contributed by atoms with Crippen molar-refractivity contribution in [2.24, 2.45) is 9.98 Å². The van der Waals surface area contributed by atoms with Gasteiger partial charge in [-0.15, -0.1) is 0 Å². The van der Waals surface area contributed by atoms with E-state index in [0.717, 1.165) is 39.0 Å². The molecular formula is C52H42N6. The summed E-state index contributed by atoms with van der Waals surface area (Å²) in [4.78, 5) is 23.7. The van der Waals surface area contributed by atoms with E-state index in [-0.39, 0.29) is 5.84 Å². The number of hydrogen-bond donors (Lipinski definition) is 1. The second kappa shape index (κ2) is 21.2. The molecule has 0 amide bonds. The first-order valence-corrected chi connectivity index (χ1v) is 18.7. The molecule has 6 rings (SSSR count). The molecule has 0 radical (unpaired) electrons. The minimum atomic E-state index is 0.132. The summed E-state index contributed by atoms with van der Waals surface area (Å²) in [6.45, 7) is 7.76. The minimum absolute atomic E-state index is 0.132. The molecular weight excluding hydrogens is 709 g/mol. The minimum Gasteiger partial charge on any atom is -0.282 e. The van der Waals surface area contributed by atoms with Gasteiger partial charge in [0.25, 0.3) is 0 Å². The fourth-order valence-corrected chi connectivity index (χ4v) is 5.64. The lowest BCUT2D eigenvalue weighted by Gasteiger charge is -2.08. The molecule has 1 heterocycles. The summed E-state index contributed by atoms with van der Waals surface area (Å²) in [5, 5.41) is 8.61. The summed E-state index contributed by atoms with van der Waals surface area (Å²) in [7, 11) is 0. The maximum absolute atomic E-state index is 8.61. The summed E-state index contributed by atoms with van der Waals surface area (Å²) in [6, 6.07) is 53.5. The lowest BCUT2D eigenvalue weighted by Crippen LogP contribution is -2.04. The van der Waals surface area contributed by atoms with Gasteiger partial charge >= 0.3 is 0 Å². The quantitative estimate of drug-likeness (QED) is 0.0767. The highest BCUT2D eigenvalue weighted by Crippen LogP contribution is 2.27. The molecule has 0 spiro atoms. The maximum atomic E-state index is 8.61. The van der Waals surface area contributed by atoms with Gasteiger partial charge in [-0.05, 0) is 28.3 Å². The Hall–Kier alpha value is -7.96. The van der Waals surface area contributed by atoms with Crippen LogP contribution in [0, 0.1) is 5.41 Å². The normalized spacial score (nSPS) is 11.9. The first kappa shape index (κ1) is 39.7. The van der Waals surface area contributed by atoms with Crippen molar-refractivity contribution in [1.29, 1.82) is 5.41 Å². The van der Waals surface area contributed by atoms with Crippen LogP contribution in [0.2, 0.25) is 0 Å². The zero-order chi connectivity index (χ0) is 40.2. The Balaban J connectivity index is 1.32. The number of benzene rings is 4. The molecule has 1 N–H and O–H groups in total. The van der Waals surface area contributed by atoms with Crippen molar-refractivity contribution in [1.82, 2.24) is 15.0 Å². The number of nitrogens with zero attached hydrogens (tertiary/aromatic N) is 5. The highest BCUT2D eigenvalue weighted by Gasteiger charge is 2.11. The zero-order valence-electron chi connectivity index (χ0n) is 32.0. The van der Waals surface area contributed by atoms with E-state index in [1.165, 1.54) is 0 Å². The summed E-state index contributed by atoms with van der Waals surface area (Å²) >= 11 is 0. The van der Waals surface area contributed by atoms with Crippen LogP contribution in [0.25, 0.3) is 46.1 Å². The molecule has 0 aliphatic rings. The zero-order valence-corrected chi connectivity index (χ0v) is 32.0. The van der Waals surface area contributed by atoms with Gasteiger partial charge in [-0.1, -0.05) is 226 Å². The predicted molar refractivity (Wildman–Crippen MR) is 244 cm³/mol. The molecule has 0 saturated carbocycles. The van der Waals surface area contributed by atoms with Gasteiger partial charge in [-0.2, -0.15) is 0 Å². The van der Waals surface area contributed by atoms with Crippen molar-refractivity contribution in [2.45, 2.75) is 0 Å². The van der Waals surface area contributed by atoms with Gasteiger partial charge in [0.05, 0.1) is 0 Å². The Labute approximate surface area is 340 Å². The van der Waals surface area contributed by atoms with Crippen LogP contribution in [0.5, 0.6) is 0 Å². The van der Waals surface area contributed by atoms with Crippen LogP contribution in [0.4, 0.5) is 0 Å². The van der Waals surface area contributed by atoms with Gasteiger partial charge in [0.15, 0.2) is 29.1 Å². The van der Waals surface area contributed by atoms with E-state index in [9.17, 15) is 0 Å². The third-order valence-electron chi connectivity index (χ3n) is 8.58. The fourth-order valence-electron chi connectivity index (χ4n) is 5.64. The monoisotopic (exact) mass is 750 g/mol. The van der Waals surface area contributed by atoms with Gasteiger partial charge in [-0.3, -0.25) is 5.41 Å². The molecule has 0 unspecified atom stereocenters. The van der Waals surface area contributed by atoms with Crippen LogP contribution in [0.1, 0.15) is 22.5 Å². The highest BCUT2D eigenvalue weighted by atomic mass is 15.0. The number of hydrogen-bond acceptors (Lipinski definition) is 4. The Morgan fingerprint density at radius 3 is 1.72 bits per heavy atom. The van der Waals surface area contributed by atoms with E-state index in [1.807, 2.05) is 176 Å². The second-order valence-corrected chi connectivity index (χ2v) is 12.6. The number of allylic oxidation sites excluding steroid dienone is 8. The first-order valence-electron chi connectivity index (χ1n) is 18.7. The fraction of sp³-hybridized carbons (Fsp3) is 0. The van der Waals surface area contributed by atoms with Crippen LogP contribution in [-0.2, 0) is 0 Å². The van der Waals surface area contributed by atoms with Gasteiger partial charge < -0.3 is 0 Å². The van der Waals surface area contributed by atoms with Crippen LogP contribution in [0.3, 0.4) is 0 Å². The smallest absolute Gasteiger partial charge is 0.164 e. The first-order chi connectivity index (χ1) is 28.6. The van der Waals surface area contributed by atoms with E-state index >= 15 is 0 Å². The molecule has 0 fully saturated rings. The largest absolute Gasteiger partial charge is 0.282 e. The SMILES string of the molecule is C=C/C=C\C=C\c1nc(-c2ccccc2)nc(-c2ccc(-c3ccccccccc3/C=C/C=C(\C=C)C=NC(=NC(=N)c3ccccc3)c3ccccc3)cc2)n1. The van der Waals surface area contributed by atoms with E-state index in [0.29, 0.717) is 28.9 Å². The molecule has 0 saturated heterocycles. The lowest BCUT2D eigenvalue weighted by molar-refractivity contribution is 1.04. The number of aliphatic imine (C=N–C) groups is 2. The van der Waals surface area contributed by atoms with Gasteiger partial charge in [0.1, 0.15) is 0 Å². The van der Waals surface area contributed by atoms with Crippen LogP contribution in [0.15, 0.2) is 235 Å². The maximum Gasteiger partial charge on any atom is 0.164 e. The van der Waals surface area contributed by atoms with Crippen molar-refractivity contribution in [2.75, 3.05) is 0 Å². The highest BCUT2D eigenvalue weighted by molar-refractivity contribution is 6.13.